The molecule has 0 aliphatic heterocycles. The van der Waals surface area contributed by atoms with Crippen LogP contribution >= 0.6 is 0 Å². The van der Waals surface area contributed by atoms with Crippen LogP contribution < -0.4 is 5.32 Å². The van der Waals surface area contributed by atoms with Gasteiger partial charge in [0.1, 0.15) is 11.2 Å². The molecule has 5 heterocycles. The van der Waals surface area contributed by atoms with Crippen molar-refractivity contribution in [2.45, 2.75) is 13.5 Å². The molecule has 0 spiro atoms. The van der Waals surface area contributed by atoms with E-state index in [0.29, 0.717) is 12.4 Å². The van der Waals surface area contributed by atoms with E-state index in [4.69, 9.17) is 9.97 Å². The molecule has 0 bridgehead atoms. The molecular weight excluding hydrogens is 496 g/mol. The minimum absolute atomic E-state index is 0.658. The third-order valence-corrected chi connectivity index (χ3v) is 6.72. The topological polar surface area (TPSA) is 108 Å². The molecule has 196 valence electrons. The zero-order valence-electron chi connectivity index (χ0n) is 22.1. The molecule has 6 aromatic rings. The Kier molecular flexibility index (Phi) is 7.07. The van der Waals surface area contributed by atoms with Crippen LogP contribution in [-0.4, -0.2) is 41.7 Å². The van der Waals surface area contributed by atoms with Crippen LogP contribution in [0.3, 0.4) is 0 Å². The summed E-state index contributed by atoms with van der Waals surface area (Å²) in [5.41, 5.74) is 9.04. The number of allylic oxidation sites excluding steroid dienone is 3. The Morgan fingerprint density at radius 3 is 2.67 bits per heavy atom. The molecule has 0 atom stereocenters. The summed E-state index contributed by atoms with van der Waals surface area (Å²) in [5.74, 6) is 0.658. The highest BCUT2D eigenvalue weighted by molar-refractivity contribution is 5.96. The average Bonchev–Trinajstić information content (AvgIpc) is 3.63. The van der Waals surface area contributed by atoms with E-state index in [0.717, 1.165) is 62.3 Å². The predicted octanol–water partition coefficient (Wildman–Crippen LogP) is 6.26. The monoisotopic (exact) mass is 524 g/mol. The standard InChI is InChI=1S/C32H28N8/c1-3-21(17-34-18-22-9-6-5-7-10-22)15-23(4-2)27-16-25-28(20-36-27)39-40-30(25)32-37-26-12-14-35-29(31(26)38-32)24-11-8-13-33-19-24/h3-16,19-20,34H,1,17-18H2,2H3,(H,37,38)(H,39,40)/b21-15+,23-4+. The van der Waals surface area contributed by atoms with Crippen molar-refractivity contribution in [3.8, 4) is 22.8 Å². The van der Waals surface area contributed by atoms with Gasteiger partial charge in [0.2, 0.25) is 0 Å². The third kappa shape index (κ3) is 5.08. The largest absolute Gasteiger partial charge is 0.336 e. The molecule has 0 saturated carbocycles. The van der Waals surface area contributed by atoms with Crippen LogP contribution in [0.2, 0.25) is 0 Å². The van der Waals surface area contributed by atoms with Crippen LogP contribution in [0, 0.1) is 0 Å². The summed E-state index contributed by atoms with van der Waals surface area (Å²) in [6.45, 7) is 7.52. The molecule has 0 aliphatic carbocycles. The van der Waals surface area contributed by atoms with Crippen molar-refractivity contribution in [2.24, 2.45) is 0 Å². The van der Waals surface area contributed by atoms with E-state index in [1.54, 1.807) is 18.6 Å². The summed E-state index contributed by atoms with van der Waals surface area (Å²) in [4.78, 5) is 21.8. The molecule has 0 radical (unpaired) electrons. The maximum Gasteiger partial charge on any atom is 0.159 e. The first-order valence-corrected chi connectivity index (χ1v) is 13.1. The fourth-order valence-electron chi connectivity index (χ4n) is 4.65. The molecular formula is C32H28N8. The minimum atomic E-state index is 0.658. The molecule has 0 unspecified atom stereocenters. The van der Waals surface area contributed by atoms with Crippen molar-refractivity contribution in [2.75, 3.05) is 6.54 Å². The lowest BCUT2D eigenvalue weighted by atomic mass is 10.1. The molecule has 0 amide bonds. The Morgan fingerprint density at radius 1 is 0.975 bits per heavy atom. The number of rotatable bonds is 9. The summed E-state index contributed by atoms with van der Waals surface area (Å²) in [5, 5.41) is 12.1. The fourth-order valence-corrected chi connectivity index (χ4v) is 4.65. The summed E-state index contributed by atoms with van der Waals surface area (Å²) in [6.07, 6.45) is 13.2. The van der Waals surface area contributed by atoms with Gasteiger partial charge in [-0.2, -0.15) is 5.10 Å². The lowest BCUT2D eigenvalue weighted by Gasteiger charge is -2.08. The summed E-state index contributed by atoms with van der Waals surface area (Å²) >= 11 is 0. The van der Waals surface area contributed by atoms with Crippen LogP contribution in [0.15, 0.2) is 110 Å². The maximum absolute atomic E-state index is 4.90. The zero-order valence-corrected chi connectivity index (χ0v) is 22.1. The Labute approximate surface area is 231 Å². The van der Waals surface area contributed by atoms with E-state index in [-0.39, 0.29) is 0 Å². The Morgan fingerprint density at radius 2 is 1.88 bits per heavy atom. The van der Waals surface area contributed by atoms with Gasteiger partial charge in [-0.1, -0.05) is 49.1 Å². The number of hydrogen-bond donors (Lipinski definition) is 3. The highest BCUT2D eigenvalue weighted by Crippen LogP contribution is 2.31. The first-order chi connectivity index (χ1) is 19.7. The molecule has 40 heavy (non-hydrogen) atoms. The van der Waals surface area contributed by atoms with E-state index < -0.39 is 0 Å². The molecule has 0 fully saturated rings. The van der Waals surface area contributed by atoms with Crippen LogP contribution in [0.5, 0.6) is 0 Å². The first-order valence-electron chi connectivity index (χ1n) is 13.1. The van der Waals surface area contributed by atoms with Crippen LogP contribution in [0.4, 0.5) is 0 Å². The SMILES string of the molecule is C=C/C(=C\C(=C/C)c1cc2c(-c3nc4c(-c5cccnc5)nccc4[nH]3)n[nH]c2cn1)CNCc1ccccc1. The number of pyridine rings is 3. The lowest BCUT2D eigenvalue weighted by molar-refractivity contribution is 0.747. The number of hydrogen-bond acceptors (Lipinski definition) is 6. The zero-order chi connectivity index (χ0) is 27.3. The van der Waals surface area contributed by atoms with Gasteiger partial charge in [-0.15, -0.1) is 0 Å². The number of aromatic nitrogens is 7. The first kappa shape index (κ1) is 25.1. The van der Waals surface area contributed by atoms with Crippen LogP contribution in [0.1, 0.15) is 18.2 Å². The second kappa shape index (κ2) is 11.3. The summed E-state index contributed by atoms with van der Waals surface area (Å²) in [6, 6.07) is 18.2. The second-order valence-corrected chi connectivity index (χ2v) is 9.33. The van der Waals surface area contributed by atoms with Crippen molar-refractivity contribution < 1.29 is 0 Å². The van der Waals surface area contributed by atoms with Gasteiger partial charge in [0.15, 0.2) is 5.82 Å². The Balaban J connectivity index is 1.31. The van der Waals surface area contributed by atoms with Crippen molar-refractivity contribution >= 4 is 27.5 Å². The van der Waals surface area contributed by atoms with E-state index in [2.05, 4.69) is 61.3 Å². The van der Waals surface area contributed by atoms with Gasteiger partial charge < -0.3 is 10.3 Å². The smallest absolute Gasteiger partial charge is 0.159 e. The van der Waals surface area contributed by atoms with Gasteiger partial charge in [0.05, 0.1) is 28.6 Å². The Bertz CT molecular complexity index is 1850. The maximum atomic E-state index is 4.90. The molecule has 3 N–H and O–H groups in total. The van der Waals surface area contributed by atoms with Gasteiger partial charge >= 0.3 is 0 Å². The van der Waals surface area contributed by atoms with Crippen molar-refractivity contribution in [1.29, 1.82) is 0 Å². The number of benzene rings is 1. The Hall–Kier alpha value is -5.21. The van der Waals surface area contributed by atoms with Gasteiger partial charge in [0, 0.05) is 42.6 Å². The number of aromatic amines is 2. The molecule has 1 aromatic carbocycles. The van der Waals surface area contributed by atoms with E-state index in [1.807, 2.05) is 61.7 Å². The van der Waals surface area contributed by atoms with E-state index in [9.17, 15) is 0 Å². The van der Waals surface area contributed by atoms with Gasteiger partial charge in [-0.3, -0.25) is 20.1 Å². The number of fused-ring (bicyclic) bond motifs is 2. The predicted molar refractivity (Wildman–Crippen MR) is 160 cm³/mol. The quantitative estimate of drug-likeness (QED) is 0.193. The average molecular weight is 525 g/mol. The van der Waals surface area contributed by atoms with Crippen LogP contribution in [0.25, 0.3) is 50.3 Å². The van der Waals surface area contributed by atoms with Crippen molar-refractivity contribution in [1.82, 2.24) is 40.4 Å². The van der Waals surface area contributed by atoms with Gasteiger partial charge in [0.25, 0.3) is 0 Å². The number of H-pyrrole nitrogens is 2. The second-order valence-electron chi connectivity index (χ2n) is 9.33. The molecule has 0 aliphatic rings. The van der Waals surface area contributed by atoms with Crippen molar-refractivity contribution in [3.63, 3.8) is 0 Å². The molecule has 5 aromatic heterocycles. The third-order valence-electron chi connectivity index (χ3n) is 6.72. The van der Waals surface area contributed by atoms with Crippen LogP contribution in [-0.2, 0) is 6.54 Å². The summed E-state index contributed by atoms with van der Waals surface area (Å²) in [7, 11) is 0. The van der Waals surface area contributed by atoms with Gasteiger partial charge in [-0.25, -0.2) is 4.98 Å². The molecule has 0 saturated heterocycles. The lowest BCUT2D eigenvalue weighted by Crippen LogP contribution is -2.16. The number of nitrogens with zero attached hydrogens (tertiary/aromatic N) is 5. The number of imidazole rings is 1. The highest BCUT2D eigenvalue weighted by atomic mass is 15.1. The van der Waals surface area contributed by atoms with E-state index in [1.165, 1.54) is 5.56 Å². The highest BCUT2D eigenvalue weighted by Gasteiger charge is 2.17. The normalized spacial score (nSPS) is 12.3. The van der Waals surface area contributed by atoms with Crippen molar-refractivity contribution in [3.05, 3.63) is 121 Å². The fraction of sp³-hybridized carbons (Fsp3) is 0.0938. The number of nitrogens with one attached hydrogen (secondary N) is 3. The summed E-state index contributed by atoms with van der Waals surface area (Å²) < 4.78 is 0. The molecule has 6 rings (SSSR count). The van der Waals surface area contributed by atoms with Gasteiger partial charge in [-0.05, 0) is 54.0 Å². The molecule has 8 heteroatoms. The minimum Gasteiger partial charge on any atom is -0.336 e. The van der Waals surface area contributed by atoms with E-state index >= 15 is 0 Å². The molecule has 8 nitrogen and oxygen atoms in total.